The summed E-state index contributed by atoms with van der Waals surface area (Å²) in [5.41, 5.74) is 0.904. The summed E-state index contributed by atoms with van der Waals surface area (Å²) < 4.78 is 26.8. The highest BCUT2D eigenvalue weighted by atomic mass is 32.2. The van der Waals surface area contributed by atoms with E-state index in [9.17, 15) is 13.2 Å². The normalized spacial score (nSPS) is 21.9. The highest BCUT2D eigenvalue weighted by Crippen LogP contribution is 2.42. The monoisotopic (exact) mass is 308 g/mol. The number of hydrogen-bond donors (Lipinski definition) is 0. The first-order valence-corrected chi connectivity index (χ1v) is 8.63. The summed E-state index contributed by atoms with van der Waals surface area (Å²) in [5.74, 6) is -0.00628. The molecule has 0 spiro atoms. The van der Waals surface area contributed by atoms with Gasteiger partial charge >= 0.3 is 0 Å². The molecule has 0 aromatic heterocycles. The highest BCUT2D eigenvalue weighted by molar-refractivity contribution is 7.89. The second-order valence-electron chi connectivity index (χ2n) is 6.28. The van der Waals surface area contributed by atoms with Crippen LogP contribution in [-0.2, 0) is 20.2 Å². The van der Waals surface area contributed by atoms with Gasteiger partial charge in [-0.25, -0.2) is 8.42 Å². The first kappa shape index (κ1) is 14.5. The zero-order valence-electron chi connectivity index (χ0n) is 12.6. The molecule has 0 bridgehead atoms. The van der Waals surface area contributed by atoms with Crippen LogP contribution >= 0.6 is 0 Å². The number of likely N-dealkylation sites (N-methyl/N-ethyl adjacent to an activating group) is 1. The minimum Gasteiger partial charge on any atom is -0.314 e. The van der Waals surface area contributed by atoms with Gasteiger partial charge in [0.05, 0.1) is 10.3 Å². The first-order valence-electron chi connectivity index (χ1n) is 7.19. The summed E-state index contributed by atoms with van der Waals surface area (Å²) in [6.07, 6.45) is 1.83. The van der Waals surface area contributed by atoms with E-state index in [1.807, 2.05) is 13.8 Å². The molecule has 2 aliphatic heterocycles. The average molecular weight is 308 g/mol. The van der Waals surface area contributed by atoms with E-state index in [2.05, 4.69) is 0 Å². The number of carbonyl (C=O) groups excluding carboxylic acids is 1. The van der Waals surface area contributed by atoms with Gasteiger partial charge in [0.1, 0.15) is 0 Å². The van der Waals surface area contributed by atoms with Gasteiger partial charge in [-0.2, -0.15) is 4.31 Å². The van der Waals surface area contributed by atoms with E-state index in [4.69, 9.17) is 0 Å². The number of sulfonamides is 1. The van der Waals surface area contributed by atoms with Crippen molar-refractivity contribution in [3.63, 3.8) is 0 Å². The van der Waals surface area contributed by atoms with Crippen LogP contribution in [0.4, 0.5) is 5.69 Å². The molecule has 1 saturated heterocycles. The Morgan fingerprint density at radius 1 is 1.14 bits per heavy atom. The lowest BCUT2D eigenvalue weighted by molar-refractivity contribution is -0.121. The van der Waals surface area contributed by atoms with Crippen LogP contribution in [0.3, 0.4) is 0 Å². The molecule has 0 unspecified atom stereocenters. The minimum absolute atomic E-state index is 0.00628. The maximum Gasteiger partial charge on any atom is 0.243 e. The first-order chi connectivity index (χ1) is 9.76. The van der Waals surface area contributed by atoms with Crippen molar-refractivity contribution >= 4 is 21.6 Å². The van der Waals surface area contributed by atoms with Crippen LogP contribution < -0.4 is 4.90 Å². The van der Waals surface area contributed by atoms with E-state index in [0.29, 0.717) is 18.0 Å². The second kappa shape index (κ2) is 4.55. The predicted octanol–water partition coefficient (Wildman–Crippen LogP) is 1.73. The van der Waals surface area contributed by atoms with Gasteiger partial charge in [0.25, 0.3) is 0 Å². The van der Waals surface area contributed by atoms with E-state index < -0.39 is 15.4 Å². The third-order valence-corrected chi connectivity index (χ3v) is 6.44. The van der Waals surface area contributed by atoms with E-state index >= 15 is 0 Å². The zero-order valence-corrected chi connectivity index (χ0v) is 13.4. The summed E-state index contributed by atoms with van der Waals surface area (Å²) in [7, 11) is -1.72. The lowest BCUT2D eigenvalue weighted by Gasteiger charge is -2.18. The van der Waals surface area contributed by atoms with Crippen molar-refractivity contribution in [3.8, 4) is 0 Å². The van der Waals surface area contributed by atoms with Crippen LogP contribution in [-0.4, -0.2) is 38.8 Å². The molecular formula is C15H20N2O3S. The molecule has 0 saturated carbocycles. The zero-order chi connectivity index (χ0) is 15.4. The van der Waals surface area contributed by atoms with Crippen LogP contribution in [0.2, 0.25) is 0 Å². The number of benzene rings is 1. The van der Waals surface area contributed by atoms with Crippen molar-refractivity contribution in [2.45, 2.75) is 37.0 Å². The number of nitrogens with zero attached hydrogens (tertiary/aromatic N) is 2. The van der Waals surface area contributed by atoms with Gasteiger partial charge < -0.3 is 4.90 Å². The Kier molecular flexibility index (Phi) is 3.15. The fourth-order valence-electron chi connectivity index (χ4n) is 3.19. The smallest absolute Gasteiger partial charge is 0.243 e. The van der Waals surface area contributed by atoms with Gasteiger partial charge in [-0.3, -0.25) is 4.79 Å². The van der Waals surface area contributed by atoms with Crippen molar-refractivity contribution in [1.29, 1.82) is 0 Å². The van der Waals surface area contributed by atoms with Crippen LogP contribution in [0.1, 0.15) is 32.3 Å². The lowest BCUT2D eigenvalue weighted by atomic mass is 9.86. The second-order valence-corrected chi connectivity index (χ2v) is 8.22. The summed E-state index contributed by atoms with van der Waals surface area (Å²) >= 11 is 0. The minimum atomic E-state index is -3.44. The van der Waals surface area contributed by atoms with Crippen LogP contribution in [0.15, 0.2) is 23.1 Å². The van der Waals surface area contributed by atoms with Crippen molar-refractivity contribution in [2.24, 2.45) is 0 Å². The molecule has 2 heterocycles. The SMILES string of the molecule is CN1C(=O)C(C)(C)c2cc(S(=O)(=O)N3CCCC3)ccc21. The Bertz CT molecular complexity index is 704. The molecule has 0 N–H and O–H groups in total. The molecule has 1 aromatic carbocycles. The molecule has 1 amide bonds. The van der Waals surface area contributed by atoms with Crippen molar-refractivity contribution < 1.29 is 13.2 Å². The molecule has 1 aromatic rings. The largest absolute Gasteiger partial charge is 0.314 e. The Morgan fingerprint density at radius 2 is 1.76 bits per heavy atom. The Labute approximate surface area is 125 Å². The third-order valence-electron chi connectivity index (χ3n) is 4.54. The number of rotatable bonds is 2. The molecule has 0 aliphatic carbocycles. The van der Waals surface area contributed by atoms with E-state index in [-0.39, 0.29) is 5.91 Å². The molecule has 114 valence electrons. The third kappa shape index (κ3) is 2.00. The molecular weight excluding hydrogens is 288 g/mol. The van der Waals surface area contributed by atoms with Gasteiger partial charge in [-0.05, 0) is 50.5 Å². The van der Waals surface area contributed by atoms with Gasteiger partial charge in [0.15, 0.2) is 0 Å². The number of amides is 1. The molecule has 3 rings (SSSR count). The van der Waals surface area contributed by atoms with Gasteiger partial charge in [-0.15, -0.1) is 0 Å². The molecule has 6 heteroatoms. The Morgan fingerprint density at radius 3 is 2.38 bits per heavy atom. The van der Waals surface area contributed by atoms with Crippen LogP contribution in [0.5, 0.6) is 0 Å². The molecule has 0 radical (unpaired) electrons. The quantitative estimate of drug-likeness (QED) is 0.836. The maximum absolute atomic E-state index is 12.6. The van der Waals surface area contributed by atoms with Crippen molar-refractivity contribution in [1.82, 2.24) is 4.31 Å². The number of fused-ring (bicyclic) bond motifs is 1. The predicted molar refractivity (Wildman–Crippen MR) is 80.9 cm³/mol. The molecule has 21 heavy (non-hydrogen) atoms. The summed E-state index contributed by atoms with van der Waals surface area (Å²) in [6, 6.07) is 5.02. The topological polar surface area (TPSA) is 57.7 Å². The lowest BCUT2D eigenvalue weighted by Crippen LogP contribution is -2.33. The van der Waals surface area contributed by atoms with Crippen LogP contribution in [0, 0.1) is 0 Å². The Hall–Kier alpha value is -1.40. The van der Waals surface area contributed by atoms with Gasteiger partial charge in [0, 0.05) is 25.8 Å². The summed E-state index contributed by atoms with van der Waals surface area (Å²) in [5, 5.41) is 0. The fourth-order valence-corrected chi connectivity index (χ4v) is 4.73. The molecule has 0 atom stereocenters. The van der Waals surface area contributed by atoms with Crippen molar-refractivity contribution in [3.05, 3.63) is 23.8 Å². The van der Waals surface area contributed by atoms with Crippen molar-refractivity contribution in [2.75, 3.05) is 25.0 Å². The van der Waals surface area contributed by atoms with Gasteiger partial charge in [-0.1, -0.05) is 0 Å². The highest BCUT2D eigenvalue weighted by Gasteiger charge is 2.43. The maximum atomic E-state index is 12.6. The molecule has 2 aliphatic rings. The standard InChI is InChI=1S/C15H20N2O3S/c1-15(2)12-10-11(6-7-13(12)16(3)14(15)18)21(19,20)17-8-4-5-9-17/h6-7,10H,4-5,8-9H2,1-3H3. The number of anilines is 1. The average Bonchev–Trinajstić information content (AvgIpc) is 3.04. The summed E-state index contributed by atoms with van der Waals surface area (Å²) in [4.78, 5) is 14.2. The molecule has 5 nitrogen and oxygen atoms in total. The van der Waals surface area contributed by atoms with E-state index in [1.54, 1.807) is 30.1 Å². The van der Waals surface area contributed by atoms with Crippen LogP contribution in [0.25, 0.3) is 0 Å². The van der Waals surface area contributed by atoms with Gasteiger partial charge in [0.2, 0.25) is 15.9 Å². The number of carbonyl (C=O) groups is 1. The fraction of sp³-hybridized carbons (Fsp3) is 0.533. The van der Waals surface area contributed by atoms with E-state index in [0.717, 1.165) is 24.1 Å². The number of hydrogen-bond acceptors (Lipinski definition) is 3. The Balaban J connectivity index is 2.09. The summed E-state index contributed by atoms with van der Waals surface area (Å²) in [6.45, 7) is 4.84. The molecule has 1 fully saturated rings. The van der Waals surface area contributed by atoms with E-state index in [1.165, 1.54) is 4.31 Å².